The summed E-state index contributed by atoms with van der Waals surface area (Å²) in [5.41, 5.74) is 1.37. The van der Waals surface area contributed by atoms with Gasteiger partial charge in [0, 0.05) is 16.8 Å². The number of nitrogens with zero attached hydrogens (tertiary/aromatic N) is 3. The van der Waals surface area contributed by atoms with Crippen molar-refractivity contribution in [3.05, 3.63) is 46.5 Å². The summed E-state index contributed by atoms with van der Waals surface area (Å²) in [5.74, 6) is 1.64. The van der Waals surface area contributed by atoms with Crippen molar-refractivity contribution >= 4 is 15.9 Å². The summed E-state index contributed by atoms with van der Waals surface area (Å²) in [6.07, 6.45) is 2.63. The first kappa shape index (κ1) is 9.09. The van der Waals surface area contributed by atoms with Crippen LogP contribution in [0, 0.1) is 0 Å². The Labute approximate surface area is 96.3 Å². The van der Waals surface area contributed by atoms with E-state index in [1.807, 2.05) is 4.68 Å². The van der Waals surface area contributed by atoms with Crippen LogP contribution in [-0.2, 0) is 13.0 Å². The van der Waals surface area contributed by atoms with Crippen LogP contribution in [-0.4, -0.2) is 14.8 Å². The van der Waals surface area contributed by atoms with E-state index in [2.05, 4.69) is 50.3 Å². The predicted octanol–water partition coefficient (Wildman–Crippen LogP) is 2.38. The van der Waals surface area contributed by atoms with E-state index in [4.69, 9.17) is 0 Å². The number of hydrogen-bond acceptors (Lipinski definition) is 2. The molecule has 1 atom stereocenters. The van der Waals surface area contributed by atoms with E-state index in [-0.39, 0.29) is 0 Å². The van der Waals surface area contributed by atoms with Crippen LogP contribution in [0.2, 0.25) is 0 Å². The molecule has 0 fully saturated rings. The molecule has 0 spiro atoms. The minimum atomic E-state index is 0.536. The van der Waals surface area contributed by atoms with E-state index in [0.717, 1.165) is 23.3 Å². The highest BCUT2D eigenvalue weighted by Gasteiger charge is 2.23. The van der Waals surface area contributed by atoms with Crippen LogP contribution in [0.5, 0.6) is 0 Å². The highest BCUT2D eigenvalue weighted by atomic mass is 79.9. The SMILES string of the molecule is Brc1ccc(C2Cc3ncnn3C2)cc1. The van der Waals surface area contributed by atoms with Gasteiger partial charge in [0.25, 0.3) is 0 Å². The van der Waals surface area contributed by atoms with Crippen LogP contribution in [0.4, 0.5) is 0 Å². The Balaban J connectivity index is 1.87. The zero-order valence-corrected chi connectivity index (χ0v) is 9.68. The number of fused-ring (bicyclic) bond motifs is 1. The summed E-state index contributed by atoms with van der Waals surface area (Å²) in [4.78, 5) is 4.23. The van der Waals surface area contributed by atoms with Crippen molar-refractivity contribution in [2.75, 3.05) is 0 Å². The average molecular weight is 264 g/mol. The second-order valence-corrected chi connectivity index (χ2v) is 4.73. The Bertz CT molecular complexity index is 454. The van der Waals surface area contributed by atoms with Gasteiger partial charge in [0.15, 0.2) is 0 Å². The molecule has 1 unspecified atom stereocenters. The molecule has 1 aromatic heterocycles. The molecule has 3 rings (SSSR count). The van der Waals surface area contributed by atoms with Crippen LogP contribution in [0.15, 0.2) is 35.1 Å². The Kier molecular flexibility index (Phi) is 2.09. The Morgan fingerprint density at radius 1 is 1.27 bits per heavy atom. The summed E-state index contributed by atoms with van der Waals surface area (Å²) >= 11 is 3.44. The quantitative estimate of drug-likeness (QED) is 0.791. The van der Waals surface area contributed by atoms with Crippen molar-refractivity contribution in [2.24, 2.45) is 0 Å². The maximum Gasteiger partial charge on any atom is 0.138 e. The number of rotatable bonds is 1. The van der Waals surface area contributed by atoms with Crippen molar-refractivity contribution in [3.63, 3.8) is 0 Å². The first-order chi connectivity index (χ1) is 7.33. The van der Waals surface area contributed by atoms with Gasteiger partial charge in [-0.25, -0.2) is 9.67 Å². The lowest BCUT2D eigenvalue weighted by atomic mass is 9.98. The van der Waals surface area contributed by atoms with Gasteiger partial charge in [-0.05, 0) is 17.7 Å². The lowest BCUT2D eigenvalue weighted by Gasteiger charge is -2.08. The molecule has 0 saturated carbocycles. The molecule has 0 bridgehead atoms. The lowest BCUT2D eigenvalue weighted by Crippen LogP contribution is -2.01. The molecule has 2 heterocycles. The van der Waals surface area contributed by atoms with Gasteiger partial charge >= 0.3 is 0 Å². The number of benzene rings is 1. The molecule has 76 valence electrons. The van der Waals surface area contributed by atoms with Crippen LogP contribution in [0.1, 0.15) is 17.3 Å². The molecule has 0 saturated heterocycles. The highest BCUT2D eigenvalue weighted by Crippen LogP contribution is 2.28. The molecule has 0 N–H and O–H groups in total. The molecule has 0 amide bonds. The average Bonchev–Trinajstić information content (AvgIpc) is 2.78. The maximum absolute atomic E-state index is 4.23. The van der Waals surface area contributed by atoms with Crippen molar-refractivity contribution in [2.45, 2.75) is 18.9 Å². The molecular formula is C11H10BrN3. The van der Waals surface area contributed by atoms with Gasteiger partial charge in [0.1, 0.15) is 12.2 Å². The normalized spacial score (nSPS) is 19.1. The second-order valence-electron chi connectivity index (χ2n) is 3.81. The fourth-order valence-electron chi connectivity index (χ4n) is 2.05. The van der Waals surface area contributed by atoms with Gasteiger partial charge in [0.05, 0.1) is 6.54 Å². The largest absolute Gasteiger partial charge is 0.249 e. The van der Waals surface area contributed by atoms with E-state index >= 15 is 0 Å². The Morgan fingerprint density at radius 3 is 2.80 bits per heavy atom. The summed E-state index contributed by atoms with van der Waals surface area (Å²) in [6, 6.07) is 8.51. The molecular weight excluding hydrogens is 254 g/mol. The fraction of sp³-hybridized carbons (Fsp3) is 0.273. The maximum atomic E-state index is 4.23. The zero-order valence-electron chi connectivity index (χ0n) is 8.10. The van der Waals surface area contributed by atoms with Crippen LogP contribution >= 0.6 is 15.9 Å². The zero-order chi connectivity index (χ0) is 10.3. The van der Waals surface area contributed by atoms with E-state index in [1.165, 1.54) is 5.56 Å². The minimum absolute atomic E-state index is 0.536. The first-order valence-corrected chi connectivity index (χ1v) is 5.74. The lowest BCUT2D eigenvalue weighted by molar-refractivity contribution is 0.597. The van der Waals surface area contributed by atoms with Gasteiger partial charge in [-0.2, -0.15) is 5.10 Å². The van der Waals surface area contributed by atoms with Crippen molar-refractivity contribution in [3.8, 4) is 0 Å². The van der Waals surface area contributed by atoms with E-state index in [0.29, 0.717) is 5.92 Å². The number of hydrogen-bond donors (Lipinski definition) is 0. The molecule has 1 aliphatic rings. The monoisotopic (exact) mass is 263 g/mol. The molecule has 2 aromatic rings. The van der Waals surface area contributed by atoms with Gasteiger partial charge in [-0.3, -0.25) is 0 Å². The molecule has 1 aliphatic heterocycles. The minimum Gasteiger partial charge on any atom is -0.249 e. The fourth-order valence-corrected chi connectivity index (χ4v) is 2.31. The smallest absolute Gasteiger partial charge is 0.138 e. The summed E-state index contributed by atoms with van der Waals surface area (Å²) < 4.78 is 3.12. The van der Waals surface area contributed by atoms with Crippen LogP contribution in [0.25, 0.3) is 0 Å². The summed E-state index contributed by atoms with van der Waals surface area (Å²) in [5, 5.41) is 4.19. The molecule has 0 aliphatic carbocycles. The van der Waals surface area contributed by atoms with E-state index < -0.39 is 0 Å². The molecule has 15 heavy (non-hydrogen) atoms. The van der Waals surface area contributed by atoms with Crippen molar-refractivity contribution in [1.82, 2.24) is 14.8 Å². The van der Waals surface area contributed by atoms with Crippen molar-refractivity contribution < 1.29 is 0 Å². The van der Waals surface area contributed by atoms with Gasteiger partial charge < -0.3 is 0 Å². The summed E-state index contributed by atoms with van der Waals surface area (Å²) in [6.45, 7) is 0.955. The Hall–Kier alpha value is -1.16. The predicted molar refractivity (Wildman–Crippen MR) is 60.6 cm³/mol. The third-order valence-electron chi connectivity index (χ3n) is 2.86. The molecule has 4 heteroatoms. The standard InChI is InChI=1S/C11H10BrN3/c12-10-3-1-8(2-4-10)9-5-11-13-7-14-15(11)6-9/h1-4,7,9H,5-6H2. The van der Waals surface area contributed by atoms with Gasteiger partial charge in [-0.15, -0.1) is 0 Å². The number of aromatic nitrogens is 3. The topological polar surface area (TPSA) is 30.7 Å². The van der Waals surface area contributed by atoms with E-state index in [9.17, 15) is 0 Å². The summed E-state index contributed by atoms with van der Waals surface area (Å²) in [7, 11) is 0. The number of halogens is 1. The van der Waals surface area contributed by atoms with E-state index in [1.54, 1.807) is 6.33 Å². The Morgan fingerprint density at radius 2 is 2.07 bits per heavy atom. The van der Waals surface area contributed by atoms with Gasteiger partial charge in [0.2, 0.25) is 0 Å². The molecule has 0 radical (unpaired) electrons. The third kappa shape index (κ3) is 1.59. The van der Waals surface area contributed by atoms with Crippen LogP contribution in [0.3, 0.4) is 0 Å². The third-order valence-corrected chi connectivity index (χ3v) is 3.39. The molecule has 1 aromatic carbocycles. The first-order valence-electron chi connectivity index (χ1n) is 4.95. The van der Waals surface area contributed by atoms with Crippen LogP contribution < -0.4 is 0 Å². The highest BCUT2D eigenvalue weighted by molar-refractivity contribution is 9.10. The molecule has 3 nitrogen and oxygen atoms in total. The van der Waals surface area contributed by atoms with Gasteiger partial charge in [-0.1, -0.05) is 28.1 Å². The van der Waals surface area contributed by atoms with Crippen molar-refractivity contribution in [1.29, 1.82) is 0 Å². The second kappa shape index (κ2) is 3.45.